The molecule has 0 saturated carbocycles. The van der Waals surface area contributed by atoms with Gasteiger partial charge in [-0.25, -0.2) is 0 Å². The first-order valence-electron chi connectivity index (χ1n) is 4.30. The molecule has 0 saturated heterocycles. The molecule has 9 heteroatoms. The maximum absolute atomic E-state index is 4.66. The molecular formula is C8H16CuN6S2. The van der Waals surface area contributed by atoms with Crippen molar-refractivity contribution in [1.82, 2.24) is 21.5 Å². The summed E-state index contributed by atoms with van der Waals surface area (Å²) in [4.78, 5) is 0. The quantitative estimate of drug-likeness (QED) is 0.187. The first-order valence-corrected chi connectivity index (χ1v) is 5.12. The molecule has 0 amide bonds. The third-order valence-electron chi connectivity index (χ3n) is 0.993. The fourth-order valence-corrected chi connectivity index (χ4v) is 0.416. The molecule has 0 spiro atoms. The van der Waals surface area contributed by atoms with Crippen molar-refractivity contribution in [3.63, 3.8) is 0 Å². The van der Waals surface area contributed by atoms with Crippen LogP contribution in [0.5, 0.6) is 0 Å². The minimum absolute atomic E-state index is 0. The monoisotopic (exact) mass is 324 g/mol. The van der Waals surface area contributed by atoms with Crippen LogP contribution >= 0.6 is 24.4 Å². The average molecular weight is 324 g/mol. The van der Waals surface area contributed by atoms with Crippen molar-refractivity contribution in [3.8, 4) is 0 Å². The first-order chi connectivity index (χ1) is 7.62. The van der Waals surface area contributed by atoms with Gasteiger partial charge in [-0.1, -0.05) is 0 Å². The van der Waals surface area contributed by atoms with E-state index >= 15 is 0 Å². The van der Waals surface area contributed by atoms with Crippen LogP contribution in [0.3, 0.4) is 0 Å². The minimum Gasteiger partial charge on any atom is -0.398 e. The summed E-state index contributed by atoms with van der Waals surface area (Å²) in [5.41, 5.74) is 5.03. The van der Waals surface area contributed by atoms with E-state index in [4.69, 9.17) is 0 Å². The van der Waals surface area contributed by atoms with E-state index in [-0.39, 0.29) is 17.1 Å². The normalized spacial score (nSPS) is 8.71. The molecule has 101 valence electrons. The number of hydrazone groups is 2. The zero-order valence-corrected chi connectivity index (χ0v) is 12.6. The van der Waals surface area contributed by atoms with Gasteiger partial charge in [-0.15, -0.1) is 0 Å². The molecule has 4 N–H and O–H groups in total. The molecule has 0 bridgehead atoms. The van der Waals surface area contributed by atoms with E-state index in [1.165, 1.54) is 0 Å². The van der Waals surface area contributed by atoms with Crippen molar-refractivity contribution in [2.75, 3.05) is 14.1 Å². The van der Waals surface area contributed by atoms with E-state index < -0.39 is 0 Å². The van der Waals surface area contributed by atoms with Crippen molar-refractivity contribution < 1.29 is 17.1 Å². The van der Waals surface area contributed by atoms with Gasteiger partial charge in [0.1, 0.15) is 0 Å². The molecular weight excluding hydrogens is 308 g/mol. The van der Waals surface area contributed by atoms with E-state index in [9.17, 15) is 0 Å². The molecule has 1 radical (unpaired) electrons. The van der Waals surface area contributed by atoms with E-state index in [0.29, 0.717) is 10.2 Å². The predicted molar refractivity (Wildman–Crippen MR) is 75.8 cm³/mol. The first kappa shape index (κ1) is 21.5. The van der Waals surface area contributed by atoms with E-state index in [1.54, 1.807) is 27.9 Å². The Labute approximate surface area is 124 Å². The average Bonchev–Trinajstić information content (AvgIpc) is 2.33. The Kier molecular flexibility index (Phi) is 22.3. The van der Waals surface area contributed by atoms with Crippen molar-refractivity contribution >= 4 is 47.1 Å². The maximum Gasteiger partial charge on any atom is 2.00 e. The van der Waals surface area contributed by atoms with Crippen molar-refractivity contribution in [1.29, 1.82) is 0 Å². The Balaban J connectivity index is -0.000000218. The van der Waals surface area contributed by atoms with Gasteiger partial charge in [-0.3, -0.25) is 10.9 Å². The second kappa shape index (κ2) is 17.6. The van der Waals surface area contributed by atoms with Crippen LogP contribution in [0.4, 0.5) is 0 Å². The van der Waals surface area contributed by atoms with Gasteiger partial charge >= 0.3 is 17.1 Å². The number of hydrogen-bond acceptors (Lipinski definition) is 4. The number of rotatable bonds is 2. The molecule has 6 nitrogen and oxygen atoms in total. The topological polar surface area (TPSA) is 72.8 Å². The van der Waals surface area contributed by atoms with Gasteiger partial charge in [0.25, 0.3) is 0 Å². The molecule has 0 atom stereocenters. The number of thiocarbonyl (C=S) groups is 2. The SMILES string of the molecule is C[C-]=NNC(=S)NC.C[C-]=NNC(=S)NC.[64Cu+2]. The molecule has 0 rings (SSSR count). The Bertz CT molecular complexity index is 230. The fraction of sp³-hybridized carbons (Fsp3) is 0.500. The van der Waals surface area contributed by atoms with Crippen LogP contribution in [0, 0.1) is 0 Å². The van der Waals surface area contributed by atoms with Gasteiger partial charge in [0, 0.05) is 14.1 Å². The summed E-state index contributed by atoms with van der Waals surface area (Å²) >= 11 is 9.33. The molecule has 0 aliphatic rings. The summed E-state index contributed by atoms with van der Waals surface area (Å²) in [6.07, 6.45) is 5.04. The van der Waals surface area contributed by atoms with Gasteiger partial charge < -0.3 is 33.3 Å². The molecule has 0 aliphatic carbocycles. The Hall–Kier alpha value is -0.761. The smallest absolute Gasteiger partial charge is 0.398 e. The van der Waals surface area contributed by atoms with E-state index in [2.05, 4.69) is 68.6 Å². The second-order valence-corrected chi connectivity index (χ2v) is 2.87. The summed E-state index contributed by atoms with van der Waals surface area (Å²) in [6, 6.07) is 0. The second-order valence-electron chi connectivity index (χ2n) is 2.05. The van der Waals surface area contributed by atoms with Crippen LogP contribution in [0.15, 0.2) is 10.2 Å². The van der Waals surface area contributed by atoms with Gasteiger partial charge in [0.2, 0.25) is 0 Å². The molecule has 0 unspecified atom stereocenters. The summed E-state index contributed by atoms with van der Waals surface area (Å²) in [7, 11) is 3.45. The molecule has 0 aliphatic heterocycles. The third kappa shape index (κ3) is 21.1. The van der Waals surface area contributed by atoms with Gasteiger partial charge in [-0.2, -0.15) is 13.8 Å². The summed E-state index contributed by atoms with van der Waals surface area (Å²) in [6.45, 7) is 3.37. The Morgan fingerprint density at radius 2 is 1.18 bits per heavy atom. The van der Waals surface area contributed by atoms with Crippen LogP contribution in [-0.4, -0.2) is 36.7 Å². The molecule has 0 aromatic rings. The molecule has 0 aromatic carbocycles. The zero-order valence-electron chi connectivity index (χ0n) is 10.0. The van der Waals surface area contributed by atoms with Crippen LogP contribution in [0.2, 0.25) is 0 Å². The van der Waals surface area contributed by atoms with Crippen LogP contribution in [0.25, 0.3) is 0 Å². The largest absolute Gasteiger partial charge is 2.00 e. The maximum atomic E-state index is 4.66. The summed E-state index contributed by atoms with van der Waals surface area (Å²) in [5, 5.41) is 13.4. The van der Waals surface area contributed by atoms with E-state index in [0.717, 1.165) is 0 Å². The third-order valence-corrected chi connectivity index (χ3v) is 1.58. The number of nitrogens with one attached hydrogen (secondary N) is 4. The number of nitrogens with zero attached hydrogens (tertiary/aromatic N) is 2. The summed E-state index contributed by atoms with van der Waals surface area (Å²) < 4.78 is 0. The van der Waals surface area contributed by atoms with E-state index in [1.807, 2.05) is 0 Å². The molecule has 0 heterocycles. The van der Waals surface area contributed by atoms with Gasteiger partial charge in [0.15, 0.2) is 10.2 Å². The minimum atomic E-state index is 0. The van der Waals surface area contributed by atoms with Crippen LogP contribution in [0.1, 0.15) is 13.8 Å². The predicted octanol–water partition coefficient (Wildman–Crippen LogP) is -0.0765. The van der Waals surface area contributed by atoms with Gasteiger partial charge in [-0.05, 0) is 24.4 Å². The Morgan fingerprint density at radius 1 is 0.882 bits per heavy atom. The van der Waals surface area contributed by atoms with Gasteiger partial charge in [0.05, 0.1) is 0 Å². The van der Waals surface area contributed by atoms with Crippen LogP contribution < -0.4 is 21.5 Å². The van der Waals surface area contributed by atoms with Crippen molar-refractivity contribution in [2.45, 2.75) is 13.8 Å². The molecule has 0 fully saturated rings. The standard InChI is InChI=1S/2C4H8N3S.Cu/c2*1-3-6-7-4(8)5-2;/h2*1-2H3,(H2,5,7,8);/q2*-1;+2/i;;1+0. The number of hydrogen-bond donors (Lipinski definition) is 4. The molecule has 17 heavy (non-hydrogen) atoms. The fourth-order valence-electron chi connectivity index (χ4n) is 0.325. The van der Waals surface area contributed by atoms with Crippen molar-refractivity contribution in [3.05, 3.63) is 0 Å². The zero-order chi connectivity index (χ0) is 12.8. The van der Waals surface area contributed by atoms with Crippen molar-refractivity contribution in [2.24, 2.45) is 10.2 Å². The summed E-state index contributed by atoms with van der Waals surface area (Å²) in [5.74, 6) is 0. The molecule has 0 aromatic heterocycles. The van der Waals surface area contributed by atoms with Crippen LogP contribution in [-0.2, 0) is 17.1 Å². The Morgan fingerprint density at radius 3 is 1.35 bits per heavy atom.